The van der Waals surface area contributed by atoms with E-state index in [0.29, 0.717) is 0 Å². The minimum Gasteiger partial charge on any atom is -0.480 e. The van der Waals surface area contributed by atoms with Gasteiger partial charge in [-0.05, 0) is 33.9 Å². The van der Waals surface area contributed by atoms with Gasteiger partial charge in [0.15, 0.2) is 0 Å². The van der Waals surface area contributed by atoms with Crippen molar-refractivity contribution in [3.63, 3.8) is 0 Å². The van der Waals surface area contributed by atoms with Crippen LogP contribution in [0.1, 0.15) is 20.3 Å². The Morgan fingerprint density at radius 3 is 2.38 bits per heavy atom. The Morgan fingerprint density at radius 1 is 1.44 bits per heavy atom. The van der Waals surface area contributed by atoms with E-state index in [1.807, 2.05) is 7.05 Å². The third kappa shape index (κ3) is 2.35. The van der Waals surface area contributed by atoms with Crippen LogP contribution >= 0.6 is 0 Å². The predicted octanol–water partition coefficient (Wildman–Crippen LogP) is 0.260. The minimum atomic E-state index is -1.34. The summed E-state index contributed by atoms with van der Waals surface area (Å²) in [6.45, 7) is 4.67. The first-order valence-corrected chi connectivity index (χ1v) is 5.46. The fourth-order valence-electron chi connectivity index (χ4n) is 1.93. The molecule has 0 radical (unpaired) electrons. The van der Waals surface area contributed by atoms with E-state index in [-0.39, 0.29) is 11.9 Å². The first-order chi connectivity index (χ1) is 7.26. The number of carbonyl (C=O) groups excluding carboxylic acids is 1. The normalized spacial score (nSPS) is 22.1. The standard InChI is InChI=1S/C11H20N2O3/c1-11(2,10(15)16)9(14)13(4)8-5-6-12(3)7-8/h8H,5-7H2,1-4H3,(H,15,16). The van der Waals surface area contributed by atoms with Crippen molar-refractivity contribution in [1.82, 2.24) is 9.80 Å². The zero-order valence-electron chi connectivity index (χ0n) is 10.4. The van der Waals surface area contributed by atoms with Crippen LogP contribution in [0.4, 0.5) is 0 Å². The molecule has 5 nitrogen and oxygen atoms in total. The van der Waals surface area contributed by atoms with Gasteiger partial charge in [-0.25, -0.2) is 0 Å². The van der Waals surface area contributed by atoms with Gasteiger partial charge in [-0.15, -0.1) is 0 Å². The molecular formula is C11H20N2O3. The van der Waals surface area contributed by atoms with Gasteiger partial charge in [0.05, 0.1) is 0 Å². The van der Waals surface area contributed by atoms with E-state index in [2.05, 4.69) is 4.90 Å². The van der Waals surface area contributed by atoms with Crippen LogP contribution < -0.4 is 0 Å². The van der Waals surface area contributed by atoms with E-state index in [0.717, 1.165) is 19.5 Å². The third-order valence-corrected chi connectivity index (χ3v) is 3.30. The molecular weight excluding hydrogens is 208 g/mol. The smallest absolute Gasteiger partial charge is 0.318 e. The topological polar surface area (TPSA) is 60.9 Å². The molecule has 1 fully saturated rings. The van der Waals surface area contributed by atoms with Crippen LogP contribution in [0.5, 0.6) is 0 Å². The van der Waals surface area contributed by atoms with Gasteiger partial charge < -0.3 is 14.9 Å². The number of carboxylic acid groups (broad SMARTS) is 1. The maximum absolute atomic E-state index is 12.0. The lowest BCUT2D eigenvalue weighted by atomic mass is 9.91. The molecule has 0 spiro atoms. The number of likely N-dealkylation sites (N-methyl/N-ethyl adjacent to an activating group) is 2. The number of carboxylic acids is 1. The van der Waals surface area contributed by atoms with Gasteiger partial charge in [-0.3, -0.25) is 9.59 Å². The number of hydrogen-bond acceptors (Lipinski definition) is 3. The molecule has 1 saturated heterocycles. The Balaban J connectivity index is 2.71. The van der Waals surface area contributed by atoms with Gasteiger partial charge in [0.2, 0.25) is 5.91 Å². The molecule has 0 aliphatic carbocycles. The van der Waals surface area contributed by atoms with E-state index < -0.39 is 11.4 Å². The van der Waals surface area contributed by atoms with Crippen molar-refractivity contribution in [2.45, 2.75) is 26.3 Å². The van der Waals surface area contributed by atoms with Gasteiger partial charge in [-0.2, -0.15) is 0 Å². The largest absolute Gasteiger partial charge is 0.480 e. The molecule has 1 atom stereocenters. The van der Waals surface area contributed by atoms with Gasteiger partial charge in [-0.1, -0.05) is 0 Å². The number of aliphatic carboxylic acids is 1. The summed E-state index contributed by atoms with van der Waals surface area (Å²) in [6.07, 6.45) is 0.911. The van der Waals surface area contributed by atoms with Gasteiger partial charge in [0, 0.05) is 19.6 Å². The van der Waals surface area contributed by atoms with E-state index >= 15 is 0 Å². The fraction of sp³-hybridized carbons (Fsp3) is 0.818. The highest BCUT2D eigenvalue weighted by Gasteiger charge is 2.40. The molecule has 5 heteroatoms. The van der Waals surface area contributed by atoms with E-state index in [9.17, 15) is 9.59 Å². The predicted molar refractivity (Wildman–Crippen MR) is 60.1 cm³/mol. The molecule has 16 heavy (non-hydrogen) atoms. The van der Waals surface area contributed by atoms with Crippen molar-refractivity contribution >= 4 is 11.9 Å². The quantitative estimate of drug-likeness (QED) is 0.704. The molecule has 1 unspecified atom stereocenters. The number of hydrogen-bond donors (Lipinski definition) is 1. The number of nitrogens with zero attached hydrogens (tertiary/aromatic N) is 2. The first-order valence-electron chi connectivity index (χ1n) is 5.46. The average Bonchev–Trinajstić information content (AvgIpc) is 2.62. The molecule has 1 N–H and O–H groups in total. The lowest BCUT2D eigenvalue weighted by Gasteiger charge is -2.30. The van der Waals surface area contributed by atoms with Crippen molar-refractivity contribution in [1.29, 1.82) is 0 Å². The number of amides is 1. The molecule has 1 heterocycles. The van der Waals surface area contributed by atoms with Crippen molar-refractivity contribution < 1.29 is 14.7 Å². The summed E-state index contributed by atoms with van der Waals surface area (Å²) in [7, 11) is 3.69. The summed E-state index contributed by atoms with van der Waals surface area (Å²) < 4.78 is 0. The molecule has 0 aromatic heterocycles. The highest BCUT2D eigenvalue weighted by molar-refractivity contribution is 6.01. The van der Waals surface area contributed by atoms with E-state index in [1.165, 1.54) is 13.8 Å². The first kappa shape index (κ1) is 13.0. The number of likely N-dealkylation sites (tertiary alicyclic amines) is 1. The second-order valence-electron chi connectivity index (χ2n) is 5.05. The third-order valence-electron chi connectivity index (χ3n) is 3.30. The Kier molecular flexibility index (Phi) is 3.57. The van der Waals surface area contributed by atoms with Crippen molar-refractivity contribution in [2.24, 2.45) is 5.41 Å². The van der Waals surface area contributed by atoms with Crippen molar-refractivity contribution in [3.8, 4) is 0 Å². The van der Waals surface area contributed by atoms with E-state index in [4.69, 9.17) is 5.11 Å². The Hall–Kier alpha value is -1.10. The lowest BCUT2D eigenvalue weighted by Crippen LogP contribution is -2.48. The van der Waals surface area contributed by atoms with Crippen LogP contribution in [0.15, 0.2) is 0 Å². The zero-order valence-corrected chi connectivity index (χ0v) is 10.4. The Labute approximate surface area is 96.0 Å². The maximum atomic E-state index is 12.0. The van der Waals surface area contributed by atoms with Gasteiger partial charge >= 0.3 is 5.97 Å². The van der Waals surface area contributed by atoms with Crippen LogP contribution in [0.3, 0.4) is 0 Å². The summed E-state index contributed by atoms with van der Waals surface area (Å²) in [4.78, 5) is 26.7. The Morgan fingerprint density at radius 2 is 2.00 bits per heavy atom. The summed E-state index contributed by atoms with van der Waals surface area (Å²) in [5, 5.41) is 9.00. The van der Waals surface area contributed by atoms with Crippen LogP contribution in [0.2, 0.25) is 0 Å². The van der Waals surface area contributed by atoms with Crippen LogP contribution in [0.25, 0.3) is 0 Å². The minimum absolute atomic E-state index is 0.135. The summed E-state index contributed by atoms with van der Waals surface area (Å²) in [5.41, 5.74) is -1.34. The van der Waals surface area contributed by atoms with Gasteiger partial charge in [0.25, 0.3) is 0 Å². The fourth-order valence-corrected chi connectivity index (χ4v) is 1.93. The van der Waals surface area contributed by atoms with Crippen LogP contribution in [-0.4, -0.2) is 60.0 Å². The highest BCUT2D eigenvalue weighted by atomic mass is 16.4. The molecule has 0 aromatic rings. The van der Waals surface area contributed by atoms with Crippen molar-refractivity contribution in [3.05, 3.63) is 0 Å². The molecule has 92 valence electrons. The molecule has 1 rings (SSSR count). The highest BCUT2D eigenvalue weighted by Crippen LogP contribution is 2.22. The van der Waals surface area contributed by atoms with E-state index in [1.54, 1.807) is 11.9 Å². The molecule has 1 aliphatic rings. The SMILES string of the molecule is CN1CCC(N(C)C(=O)C(C)(C)C(=O)O)C1. The summed E-state index contributed by atoms with van der Waals surface area (Å²) in [5.74, 6) is -1.39. The molecule has 1 aliphatic heterocycles. The molecule has 0 bridgehead atoms. The number of rotatable bonds is 3. The molecule has 0 saturated carbocycles. The molecule has 1 amide bonds. The van der Waals surface area contributed by atoms with Gasteiger partial charge in [0.1, 0.15) is 5.41 Å². The lowest BCUT2D eigenvalue weighted by molar-refractivity contribution is -0.158. The van der Waals surface area contributed by atoms with Crippen molar-refractivity contribution in [2.75, 3.05) is 27.2 Å². The summed E-state index contributed by atoms with van der Waals surface area (Å²) >= 11 is 0. The van der Waals surface area contributed by atoms with Crippen LogP contribution in [-0.2, 0) is 9.59 Å². The molecule has 0 aromatic carbocycles. The average molecular weight is 228 g/mol. The van der Waals surface area contributed by atoms with Crippen LogP contribution in [0, 0.1) is 5.41 Å². The second-order valence-corrected chi connectivity index (χ2v) is 5.05. The maximum Gasteiger partial charge on any atom is 0.318 e. The summed E-state index contributed by atoms with van der Waals surface area (Å²) in [6, 6.07) is 0.135. The number of carbonyl (C=O) groups is 2. The second kappa shape index (κ2) is 4.41. The Bertz CT molecular complexity index is 302. The zero-order chi connectivity index (χ0) is 12.5. The monoisotopic (exact) mass is 228 g/mol.